The summed E-state index contributed by atoms with van der Waals surface area (Å²) in [5, 5.41) is 2.87. The quantitative estimate of drug-likeness (QED) is 0.0253. The highest BCUT2D eigenvalue weighted by molar-refractivity contribution is 7.86. The molecular weight excluding hydrogens is 976 g/mol. The summed E-state index contributed by atoms with van der Waals surface area (Å²) in [5.41, 5.74) is -4.40. The monoisotopic (exact) mass is 1050 g/mol. The summed E-state index contributed by atoms with van der Waals surface area (Å²) in [6, 6.07) is 5.91. The number of esters is 1. The largest absolute Gasteiger partial charge is 0.741 e. The van der Waals surface area contributed by atoms with Crippen molar-refractivity contribution in [1.82, 2.24) is 20.4 Å². The van der Waals surface area contributed by atoms with E-state index in [0.717, 1.165) is 16.7 Å². The van der Waals surface area contributed by atoms with E-state index in [-0.39, 0.29) is 30.2 Å². The molecule has 1 saturated heterocycles. The lowest BCUT2D eigenvalue weighted by molar-refractivity contribution is -0.782. The first-order valence-electron chi connectivity index (χ1n) is 23.1. The molecule has 1 aromatic heterocycles. The second-order valence-electron chi connectivity index (χ2n) is 22.2. The van der Waals surface area contributed by atoms with E-state index in [1.165, 1.54) is 13.0 Å². The van der Waals surface area contributed by atoms with Gasteiger partial charge in [0.25, 0.3) is 0 Å². The van der Waals surface area contributed by atoms with Crippen LogP contribution in [0.5, 0.6) is 5.75 Å². The van der Waals surface area contributed by atoms with Crippen LogP contribution in [-0.2, 0) is 62.6 Å². The Hall–Kier alpha value is -4.91. The Labute approximate surface area is 416 Å². The standard InChI is InChI=1S/C46H73N5O11Si.CHF3O3S/c1-17-22-56-40(54)48-62-46(14,38(52)58-42(2,3)4)37-21-19-33-23-32(18-20-36(33)57-37)34-28-50(27-31-25-49(26-31)41(55)60-44(8,9)10)51(29-34)30-35(61-63(15,16)45(11,12)13)24-47-39(53)59-43(5,6)7;2-1(3,4)8(5,6)7/h17-18,20,23,28-29,31,35,37H,1,19,21-22,24-27,30H2,2-16H3,(H-,47,48,53,54);(H,5,6,7)/t35?,37-,46?;/m1./s1. The van der Waals surface area contributed by atoms with Crippen LogP contribution in [0.15, 0.2) is 43.2 Å². The minimum Gasteiger partial charge on any atom is -0.741 e. The minimum absolute atomic E-state index is 0.0404. The van der Waals surface area contributed by atoms with Gasteiger partial charge in [-0.1, -0.05) is 39.5 Å². The number of halogens is 3. The molecule has 24 heteroatoms. The number of aryl methyl sites for hydroxylation is 1. The van der Waals surface area contributed by atoms with Gasteiger partial charge in [0, 0.05) is 19.6 Å². The topological polar surface area (TPSA) is 226 Å². The van der Waals surface area contributed by atoms with E-state index in [1.54, 1.807) is 25.7 Å². The number of likely N-dealkylation sites (tertiary alicyclic amines) is 1. The minimum atomic E-state index is -6.09. The number of carbonyl (C=O) groups is 4. The highest BCUT2D eigenvalue weighted by Crippen LogP contribution is 2.39. The summed E-state index contributed by atoms with van der Waals surface area (Å²) in [5.74, 6) is 0.0489. The number of carbonyl (C=O) groups excluding carboxylic acids is 4. The first-order chi connectivity index (χ1) is 32.1. The normalized spacial score (nSPS) is 17.1. The Morgan fingerprint density at radius 2 is 1.49 bits per heavy atom. The van der Waals surface area contributed by atoms with Crippen LogP contribution in [0.3, 0.4) is 0 Å². The van der Waals surface area contributed by atoms with Crippen molar-refractivity contribution in [2.75, 3.05) is 26.2 Å². The molecule has 2 N–H and O–H groups in total. The van der Waals surface area contributed by atoms with Crippen molar-refractivity contribution in [1.29, 1.82) is 0 Å². The molecule has 402 valence electrons. The van der Waals surface area contributed by atoms with Gasteiger partial charge in [0.05, 0.1) is 23.8 Å². The zero-order chi connectivity index (χ0) is 54.3. The molecule has 3 amide bonds. The maximum absolute atomic E-state index is 13.6. The molecule has 0 aliphatic carbocycles. The molecule has 2 aromatic rings. The lowest BCUT2D eigenvalue weighted by Gasteiger charge is -2.39. The maximum Gasteiger partial charge on any atom is 0.485 e. The number of alkyl carbamates (subject to hydrolysis) is 1. The Balaban J connectivity index is 0.00000153. The Kier molecular flexibility index (Phi) is 19.5. The van der Waals surface area contributed by atoms with Gasteiger partial charge in [-0.2, -0.15) is 23.3 Å². The van der Waals surface area contributed by atoms with E-state index >= 15 is 0 Å². The van der Waals surface area contributed by atoms with Crippen LogP contribution in [0.2, 0.25) is 18.1 Å². The molecular formula is C47H74F3N5O14SSi. The first-order valence-corrected chi connectivity index (χ1v) is 27.4. The molecule has 2 aliphatic heterocycles. The van der Waals surface area contributed by atoms with Gasteiger partial charge in [-0.3, -0.25) is 0 Å². The van der Waals surface area contributed by atoms with E-state index in [0.29, 0.717) is 44.8 Å². The average Bonchev–Trinajstić information content (AvgIpc) is 3.57. The molecule has 4 rings (SSSR count). The fourth-order valence-corrected chi connectivity index (χ4v) is 8.08. The van der Waals surface area contributed by atoms with Crippen LogP contribution in [0.1, 0.15) is 102 Å². The maximum atomic E-state index is 13.6. The van der Waals surface area contributed by atoms with E-state index in [9.17, 15) is 32.3 Å². The summed E-state index contributed by atoms with van der Waals surface area (Å²) >= 11 is 0. The average molecular weight is 1050 g/mol. The fourth-order valence-electron chi connectivity index (χ4n) is 6.74. The first kappa shape index (κ1) is 60.4. The van der Waals surface area contributed by atoms with Crippen LogP contribution < -0.4 is 20.2 Å². The van der Waals surface area contributed by atoms with Crippen molar-refractivity contribution in [3.8, 4) is 16.9 Å². The van der Waals surface area contributed by atoms with Crippen LogP contribution in [0.25, 0.3) is 11.1 Å². The number of hydrogen-bond donors (Lipinski definition) is 2. The number of alkyl halides is 3. The molecule has 0 saturated carbocycles. The highest BCUT2D eigenvalue weighted by Gasteiger charge is 2.50. The molecule has 0 radical (unpaired) electrons. The van der Waals surface area contributed by atoms with E-state index in [1.807, 2.05) is 53.7 Å². The van der Waals surface area contributed by atoms with Crippen LogP contribution in [-0.4, -0.2) is 121 Å². The number of amides is 3. The van der Waals surface area contributed by atoms with Crippen molar-refractivity contribution in [3.05, 3.63) is 48.8 Å². The van der Waals surface area contributed by atoms with Crippen LogP contribution in [0, 0.1) is 5.92 Å². The Bertz CT molecular complexity index is 2310. The lowest BCUT2D eigenvalue weighted by Crippen LogP contribution is -2.58. The number of ether oxygens (including phenoxy) is 5. The zero-order valence-corrected chi connectivity index (χ0v) is 45.5. The predicted molar refractivity (Wildman–Crippen MR) is 256 cm³/mol. The summed E-state index contributed by atoms with van der Waals surface area (Å²) in [6.45, 7) is 34.7. The van der Waals surface area contributed by atoms with E-state index in [4.69, 9.17) is 45.9 Å². The van der Waals surface area contributed by atoms with Gasteiger partial charge in [-0.15, -0.1) is 4.68 Å². The third-order valence-electron chi connectivity index (χ3n) is 11.2. The molecule has 3 atom stereocenters. The number of rotatable bonds is 15. The number of nitrogens with one attached hydrogen (secondary N) is 2. The summed E-state index contributed by atoms with van der Waals surface area (Å²) in [7, 11) is -8.40. The number of hydroxylamine groups is 1. The lowest BCUT2D eigenvalue weighted by atomic mass is 9.89. The van der Waals surface area contributed by atoms with E-state index < -0.39 is 76.7 Å². The van der Waals surface area contributed by atoms with Gasteiger partial charge in [-0.05, 0) is 123 Å². The molecule has 1 aromatic carbocycles. The van der Waals surface area contributed by atoms with Crippen molar-refractivity contribution < 1.29 is 82.9 Å². The molecule has 0 bridgehead atoms. The third kappa shape index (κ3) is 18.6. The predicted octanol–water partition coefficient (Wildman–Crippen LogP) is 7.91. The third-order valence-corrected chi connectivity index (χ3v) is 16.3. The number of benzene rings is 1. The molecule has 3 heterocycles. The molecule has 19 nitrogen and oxygen atoms in total. The Morgan fingerprint density at radius 3 is 2.01 bits per heavy atom. The van der Waals surface area contributed by atoms with Gasteiger partial charge in [-0.25, -0.2) is 32.4 Å². The van der Waals surface area contributed by atoms with Crippen LogP contribution in [0.4, 0.5) is 27.6 Å². The SMILES string of the molecule is C=CCOC(=O)NOC(C)(C(=O)OC(C)(C)C)[C@H]1CCc2cc(-c3cn(CC(CNC(=O)OC(C)(C)C)O[Si](C)(C)C(C)(C)C)[n+](CC4CN(C(=O)OC(C)(C)C)C4)c3)ccc2O1.O=S(=O)([O-])C(F)(F)F. The number of aromatic nitrogens is 2. The Morgan fingerprint density at radius 1 is 0.915 bits per heavy atom. The van der Waals surface area contributed by atoms with Gasteiger partial charge in [0.1, 0.15) is 41.8 Å². The molecule has 2 unspecified atom stereocenters. The fraction of sp³-hybridized carbons (Fsp3) is 0.681. The van der Waals surface area contributed by atoms with Gasteiger partial charge in [0.2, 0.25) is 11.8 Å². The number of hydrogen-bond acceptors (Lipinski definition) is 14. The van der Waals surface area contributed by atoms with Gasteiger partial charge < -0.3 is 42.9 Å². The smallest absolute Gasteiger partial charge is 0.485 e. The van der Waals surface area contributed by atoms with Gasteiger partial charge in [0.15, 0.2) is 25.0 Å². The molecule has 2 aliphatic rings. The second-order valence-corrected chi connectivity index (χ2v) is 28.3. The molecule has 1 fully saturated rings. The number of nitrogens with zero attached hydrogens (tertiary/aromatic N) is 3. The van der Waals surface area contributed by atoms with Crippen molar-refractivity contribution in [3.63, 3.8) is 0 Å². The highest BCUT2D eigenvalue weighted by atomic mass is 32.2. The van der Waals surface area contributed by atoms with Crippen molar-refractivity contribution in [2.45, 2.75) is 174 Å². The molecule has 0 spiro atoms. The second kappa shape index (κ2) is 22.9. The summed E-state index contributed by atoms with van der Waals surface area (Å²) in [6.07, 6.45) is 3.59. The van der Waals surface area contributed by atoms with Crippen molar-refractivity contribution >= 4 is 42.7 Å². The van der Waals surface area contributed by atoms with E-state index in [2.05, 4.69) is 79.1 Å². The zero-order valence-electron chi connectivity index (χ0n) is 43.7. The van der Waals surface area contributed by atoms with Crippen molar-refractivity contribution in [2.24, 2.45) is 5.92 Å². The summed E-state index contributed by atoms with van der Waals surface area (Å²) in [4.78, 5) is 59.1. The molecule has 71 heavy (non-hydrogen) atoms. The van der Waals surface area contributed by atoms with Crippen LogP contribution >= 0.6 is 0 Å². The van der Waals surface area contributed by atoms with Gasteiger partial charge >= 0.3 is 29.8 Å². The summed E-state index contributed by atoms with van der Waals surface area (Å²) < 4.78 is 98.5. The number of fused-ring (bicyclic) bond motifs is 1.